The smallest absolute Gasteiger partial charge is 0.246 e. The summed E-state index contributed by atoms with van der Waals surface area (Å²) in [5.74, 6) is -0.929. The number of carbonyl (C=O) groups is 2. The normalized spacial score (nSPS) is 12.1. The molecule has 0 saturated carbocycles. The Morgan fingerprint density at radius 1 is 1.00 bits per heavy atom. The average molecular weight is 290 g/mol. The molecule has 0 bridgehead atoms. The van der Waals surface area contributed by atoms with Gasteiger partial charge in [0.1, 0.15) is 12.6 Å². The highest BCUT2D eigenvalue weighted by Gasteiger charge is 2.17. The Balaban J connectivity index is 3.75. The van der Waals surface area contributed by atoms with Crippen molar-refractivity contribution in [1.82, 2.24) is 5.32 Å². The van der Waals surface area contributed by atoms with Crippen LogP contribution in [0.15, 0.2) is 0 Å². The molecule has 0 aliphatic heterocycles. The quantitative estimate of drug-likeness (QED) is 0.291. The minimum absolute atomic E-state index is 0.132. The van der Waals surface area contributed by atoms with Crippen LogP contribution in [0.2, 0.25) is 0 Å². The molecule has 8 heteroatoms. The van der Waals surface area contributed by atoms with E-state index in [-0.39, 0.29) is 12.5 Å². The van der Waals surface area contributed by atoms with Crippen LogP contribution in [0.5, 0.6) is 0 Å². The fourth-order valence-electron chi connectivity index (χ4n) is 1.48. The molecule has 8 nitrogen and oxygen atoms in total. The van der Waals surface area contributed by atoms with Gasteiger partial charge in [0.15, 0.2) is 0 Å². The number of ether oxygens (including phenoxy) is 2. The lowest BCUT2D eigenvalue weighted by Crippen LogP contribution is -2.45. The van der Waals surface area contributed by atoms with Crippen LogP contribution in [0.1, 0.15) is 19.3 Å². The first-order chi connectivity index (χ1) is 9.61. The molecule has 0 spiro atoms. The van der Waals surface area contributed by atoms with Crippen LogP contribution in [0.4, 0.5) is 0 Å². The average Bonchev–Trinajstić information content (AvgIpc) is 2.41. The van der Waals surface area contributed by atoms with Crippen LogP contribution in [0.3, 0.4) is 0 Å². The summed E-state index contributed by atoms with van der Waals surface area (Å²) in [6, 6.07) is -0.675. The third-order valence-electron chi connectivity index (χ3n) is 2.49. The van der Waals surface area contributed by atoms with Gasteiger partial charge < -0.3 is 32.0 Å². The van der Waals surface area contributed by atoms with Crippen LogP contribution in [-0.4, -0.2) is 57.4 Å². The van der Waals surface area contributed by atoms with E-state index in [4.69, 9.17) is 26.7 Å². The van der Waals surface area contributed by atoms with E-state index in [1.807, 2.05) is 0 Å². The number of nitrogens with two attached hydrogens (primary N) is 3. The number of primary amides is 1. The molecular formula is C12H26N4O4. The molecule has 0 fully saturated rings. The van der Waals surface area contributed by atoms with Gasteiger partial charge >= 0.3 is 0 Å². The van der Waals surface area contributed by atoms with E-state index < -0.39 is 11.9 Å². The second-order valence-electron chi connectivity index (χ2n) is 4.26. The summed E-state index contributed by atoms with van der Waals surface area (Å²) >= 11 is 0. The van der Waals surface area contributed by atoms with Gasteiger partial charge in [-0.3, -0.25) is 9.59 Å². The second-order valence-corrected chi connectivity index (χ2v) is 4.26. The van der Waals surface area contributed by atoms with Crippen LogP contribution < -0.4 is 22.5 Å². The summed E-state index contributed by atoms with van der Waals surface area (Å²) in [4.78, 5) is 22.7. The van der Waals surface area contributed by atoms with Crippen molar-refractivity contribution >= 4 is 11.8 Å². The molecule has 0 saturated heterocycles. The number of hydrogen-bond acceptors (Lipinski definition) is 6. The molecule has 0 rings (SSSR count). The Morgan fingerprint density at radius 3 is 2.30 bits per heavy atom. The molecule has 0 aliphatic carbocycles. The van der Waals surface area contributed by atoms with E-state index in [1.54, 1.807) is 0 Å². The fourth-order valence-corrected chi connectivity index (χ4v) is 1.48. The first-order valence-electron chi connectivity index (χ1n) is 6.76. The molecule has 7 N–H and O–H groups in total. The van der Waals surface area contributed by atoms with Crippen molar-refractivity contribution in [3.8, 4) is 0 Å². The standard InChI is InChI=1S/C12H26N4O4/c13-4-2-1-3-10(12(15)18)16-11(17)9-20-8-7-19-6-5-14/h10H,1-9,13-14H2,(H2,15,18)(H,16,17)/t10-/m0/s1. The molecular weight excluding hydrogens is 264 g/mol. The summed E-state index contributed by atoms with van der Waals surface area (Å²) < 4.78 is 10.2. The van der Waals surface area contributed by atoms with Gasteiger partial charge in [-0.15, -0.1) is 0 Å². The molecule has 0 radical (unpaired) electrons. The lowest BCUT2D eigenvalue weighted by Gasteiger charge is -2.15. The Bertz CT molecular complexity index is 276. The Hall–Kier alpha value is -1.22. The molecule has 0 unspecified atom stereocenters. The molecule has 0 aliphatic rings. The predicted molar refractivity (Wildman–Crippen MR) is 74.7 cm³/mol. The number of unbranched alkanes of at least 4 members (excludes halogenated alkanes) is 1. The van der Waals surface area contributed by atoms with Gasteiger partial charge in [0.25, 0.3) is 0 Å². The third kappa shape index (κ3) is 10.7. The van der Waals surface area contributed by atoms with Crippen LogP contribution in [0, 0.1) is 0 Å². The van der Waals surface area contributed by atoms with Gasteiger partial charge in [-0.25, -0.2) is 0 Å². The van der Waals surface area contributed by atoms with Crippen LogP contribution in [0.25, 0.3) is 0 Å². The van der Waals surface area contributed by atoms with Crippen LogP contribution >= 0.6 is 0 Å². The highest BCUT2D eigenvalue weighted by Crippen LogP contribution is 1.99. The minimum Gasteiger partial charge on any atom is -0.378 e. The molecule has 0 heterocycles. The van der Waals surface area contributed by atoms with Crippen molar-refractivity contribution in [1.29, 1.82) is 0 Å². The van der Waals surface area contributed by atoms with Crippen molar-refractivity contribution in [2.24, 2.45) is 17.2 Å². The molecule has 0 aromatic rings. The SMILES string of the molecule is NCCCC[C@H](NC(=O)COCCOCCN)C(N)=O. The summed E-state index contributed by atoms with van der Waals surface area (Å²) in [5, 5.41) is 2.54. The summed E-state index contributed by atoms with van der Waals surface area (Å²) in [5.41, 5.74) is 15.8. The minimum atomic E-state index is -0.675. The number of amides is 2. The zero-order valence-electron chi connectivity index (χ0n) is 11.8. The Kier molecular flexibility index (Phi) is 12.0. The molecule has 118 valence electrons. The van der Waals surface area contributed by atoms with Gasteiger partial charge in [-0.05, 0) is 25.8 Å². The van der Waals surface area contributed by atoms with Crippen LogP contribution in [-0.2, 0) is 19.1 Å². The Morgan fingerprint density at radius 2 is 1.70 bits per heavy atom. The maximum absolute atomic E-state index is 11.6. The highest BCUT2D eigenvalue weighted by atomic mass is 16.5. The van der Waals surface area contributed by atoms with E-state index in [1.165, 1.54) is 0 Å². The summed E-state index contributed by atoms with van der Waals surface area (Å²) in [6.45, 7) is 1.99. The number of hydrogen-bond donors (Lipinski definition) is 4. The van der Waals surface area contributed by atoms with Gasteiger partial charge in [-0.1, -0.05) is 0 Å². The van der Waals surface area contributed by atoms with Crippen molar-refractivity contribution < 1.29 is 19.1 Å². The van der Waals surface area contributed by atoms with Gasteiger partial charge in [-0.2, -0.15) is 0 Å². The first-order valence-corrected chi connectivity index (χ1v) is 6.76. The largest absolute Gasteiger partial charge is 0.378 e. The van der Waals surface area contributed by atoms with Crippen molar-refractivity contribution in [2.45, 2.75) is 25.3 Å². The number of nitrogens with one attached hydrogen (secondary N) is 1. The fraction of sp³-hybridized carbons (Fsp3) is 0.833. The van der Waals surface area contributed by atoms with Gasteiger partial charge in [0.05, 0.1) is 19.8 Å². The van der Waals surface area contributed by atoms with E-state index in [2.05, 4.69) is 5.32 Å². The van der Waals surface area contributed by atoms with E-state index in [0.29, 0.717) is 39.3 Å². The summed E-state index contributed by atoms with van der Waals surface area (Å²) in [6.07, 6.45) is 2.00. The second kappa shape index (κ2) is 12.8. The molecule has 2 amide bonds. The summed E-state index contributed by atoms with van der Waals surface area (Å²) in [7, 11) is 0. The highest BCUT2D eigenvalue weighted by molar-refractivity contribution is 5.86. The van der Waals surface area contributed by atoms with Gasteiger partial charge in [0, 0.05) is 6.54 Å². The first kappa shape index (κ1) is 18.8. The maximum Gasteiger partial charge on any atom is 0.246 e. The molecule has 0 aromatic carbocycles. The Labute approximate surface area is 119 Å². The molecule has 1 atom stereocenters. The lowest BCUT2D eigenvalue weighted by atomic mass is 10.1. The van der Waals surface area contributed by atoms with E-state index >= 15 is 0 Å². The monoisotopic (exact) mass is 290 g/mol. The van der Waals surface area contributed by atoms with E-state index in [0.717, 1.165) is 12.8 Å². The van der Waals surface area contributed by atoms with Crippen molar-refractivity contribution in [2.75, 3.05) is 39.5 Å². The topological polar surface area (TPSA) is 143 Å². The lowest BCUT2D eigenvalue weighted by molar-refractivity contribution is -0.130. The predicted octanol–water partition coefficient (Wildman–Crippen LogP) is -1.92. The zero-order valence-corrected chi connectivity index (χ0v) is 11.8. The third-order valence-corrected chi connectivity index (χ3v) is 2.49. The maximum atomic E-state index is 11.6. The van der Waals surface area contributed by atoms with Crippen molar-refractivity contribution in [3.63, 3.8) is 0 Å². The molecule has 20 heavy (non-hydrogen) atoms. The van der Waals surface area contributed by atoms with Crippen molar-refractivity contribution in [3.05, 3.63) is 0 Å². The number of carbonyl (C=O) groups excluding carboxylic acids is 2. The zero-order chi connectivity index (χ0) is 15.2. The number of rotatable bonds is 13. The van der Waals surface area contributed by atoms with Gasteiger partial charge in [0.2, 0.25) is 11.8 Å². The van der Waals surface area contributed by atoms with E-state index in [9.17, 15) is 9.59 Å². The molecule has 0 aromatic heterocycles.